The van der Waals surface area contributed by atoms with Gasteiger partial charge in [0.15, 0.2) is 0 Å². The van der Waals surface area contributed by atoms with Gasteiger partial charge >= 0.3 is 0 Å². The molecule has 1 aliphatic rings. The molecule has 0 bridgehead atoms. The number of thiocarbonyl (C=S) groups is 1. The lowest BCUT2D eigenvalue weighted by molar-refractivity contribution is -0.121. The van der Waals surface area contributed by atoms with Crippen LogP contribution < -0.4 is 9.47 Å². The Bertz CT molecular complexity index is 946. The van der Waals surface area contributed by atoms with Gasteiger partial charge in [0.25, 0.3) is 5.91 Å². The lowest BCUT2D eigenvalue weighted by atomic mass is 9.87. The van der Waals surface area contributed by atoms with Gasteiger partial charge in [0.05, 0.1) is 18.1 Å². The standard InChI is InChI=1S/C24H27NO3S2/c1-24(2,3)18-10-12-19(13-11-18)27-14-7-15-28-20-9-6-5-8-17(20)16-21-22(26)25(4)23(29)30-21/h5-6,8-13,16H,7,14-15H2,1-4H3. The summed E-state index contributed by atoms with van der Waals surface area (Å²) in [5.74, 6) is 1.53. The van der Waals surface area contributed by atoms with Gasteiger partial charge in [-0.3, -0.25) is 9.69 Å². The Morgan fingerprint density at radius 1 is 1.03 bits per heavy atom. The average Bonchev–Trinajstić information content (AvgIpc) is 2.95. The van der Waals surface area contributed by atoms with E-state index >= 15 is 0 Å². The number of likely N-dealkylation sites (N-methyl/N-ethyl adjacent to an activating group) is 1. The second-order valence-corrected chi connectivity index (χ2v) is 9.78. The highest BCUT2D eigenvalue weighted by Gasteiger charge is 2.28. The van der Waals surface area contributed by atoms with Gasteiger partial charge in [0, 0.05) is 19.0 Å². The van der Waals surface area contributed by atoms with E-state index in [9.17, 15) is 4.79 Å². The first kappa shape index (κ1) is 22.4. The summed E-state index contributed by atoms with van der Waals surface area (Å²) in [6.45, 7) is 7.69. The molecule has 0 saturated carbocycles. The molecule has 30 heavy (non-hydrogen) atoms. The Hall–Kier alpha value is -2.31. The van der Waals surface area contributed by atoms with Crippen molar-refractivity contribution < 1.29 is 14.3 Å². The second-order valence-electron chi connectivity index (χ2n) is 8.10. The van der Waals surface area contributed by atoms with Gasteiger partial charge in [-0.15, -0.1) is 0 Å². The van der Waals surface area contributed by atoms with E-state index in [0.29, 0.717) is 22.4 Å². The molecular weight excluding hydrogens is 414 g/mol. The van der Waals surface area contributed by atoms with Gasteiger partial charge in [-0.1, -0.05) is 75.1 Å². The molecule has 4 nitrogen and oxygen atoms in total. The number of para-hydroxylation sites is 1. The molecule has 0 spiro atoms. The zero-order chi connectivity index (χ0) is 21.7. The summed E-state index contributed by atoms with van der Waals surface area (Å²) in [6.07, 6.45) is 2.60. The summed E-state index contributed by atoms with van der Waals surface area (Å²) >= 11 is 6.50. The zero-order valence-corrected chi connectivity index (χ0v) is 19.4. The van der Waals surface area contributed by atoms with Crippen LogP contribution in [0.2, 0.25) is 0 Å². The summed E-state index contributed by atoms with van der Waals surface area (Å²) in [6, 6.07) is 15.9. The number of carbonyl (C=O) groups excluding carboxylic acids is 1. The molecule has 0 radical (unpaired) electrons. The van der Waals surface area contributed by atoms with E-state index in [0.717, 1.165) is 23.5 Å². The summed E-state index contributed by atoms with van der Waals surface area (Å²) in [7, 11) is 1.69. The van der Waals surface area contributed by atoms with Crippen molar-refractivity contribution in [3.05, 3.63) is 64.6 Å². The number of nitrogens with zero attached hydrogens (tertiary/aromatic N) is 1. The first-order valence-corrected chi connectivity index (χ1v) is 11.1. The largest absolute Gasteiger partial charge is 0.493 e. The Morgan fingerprint density at radius 3 is 2.33 bits per heavy atom. The number of amides is 1. The van der Waals surface area contributed by atoms with Crippen molar-refractivity contribution >= 4 is 40.3 Å². The number of carbonyl (C=O) groups is 1. The third-order valence-corrected chi connectivity index (χ3v) is 6.21. The molecule has 1 saturated heterocycles. The van der Waals surface area contributed by atoms with Gasteiger partial charge < -0.3 is 9.47 Å². The number of hydrogen-bond acceptors (Lipinski definition) is 5. The fourth-order valence-corrected chi connectivity index (χ4v) is 4.07. The quantitative estimate of drug-likeness (QED) is 0.315. The molecule has 1 amide bonds. The van der Waals surface area contributed by atoms with Gasteiger partial charge in [0.2, 0.25) is 0 Å². The number of ether oxygens (including phenoxy) is 2. The molecule has 0 unspecified atom stereocenters. The molecule has 1 aliphatic heterocycles. The minimum atomic E-state index is -0.0781. The molecule has 2 aromatic rings. The van der Waals surface area contributed by atoms with E-state index in [2.05, 4.69) is 32.9 Å². The maximum atomic E-state index is 12.2. The van der Waals surface area contributed by atoms with E-state index in [-0.39, 0.29) is 11.3 Å². The van der Waals surface area contributed by atoms with Crippen LogP contribution in [-0.4, -0.2) is 35.4 Å². The van der Waals surface area contributed by atoms with Crippen LogP contribution in [0.15, 0.2) is 53.4 Å². The van der Waals surface area contributed by atoms with Crippen molar-refractivity contribution in [2.45, 2.75) is 32.6 Å². The van der Waals surface area contributed by atoms with Crippen LogP contribution in [0.5, 0.6) is 11.5 Å². The lowest BCUT2D eigenvalue weighted by Gasteiger charge is -2.19. The molecule has 3 rings (SSSR count). The molecule has 0 N–H and O–H groups in total. The Morgan fingerprint density at radius 2 is 1.70 bits per heavy atom. The van der Waals surface area contributed by atoms with Gasteiger partial charge in [-0.25, -0.2) is 0 Å². The molecule has 0 aromatic heterocycles. The molecule has 1 fully saturated rings. The highest BCUT2D eigenvalue weighted by atomic mass is 32.2. The van der Waals surface area contributed by atoms with Gasteiger partial charge in [-0.05, 0) is 35.3 Å². The SMILES string of the molecule is CN1C(=O)C(=Cc2ccccc2OCCCOc2ccc(C(C)(C)C)cc2)SC1=S. The van der Waals surface area contributed by atoms with Crippen molar-refractivity contribution in [2.75, 3.05) is 20.3 Å². The Balaban J connectivity index is 1.51. The highest BCUT2D eigenvalue weighted by molar-refractivity contribution is 8.26. The van der Waals surface area contributed by atoms with E-state index in [4.69, 9.17) is 21.7 Å². The topological polar surface area (TPSA) is 38.8 Å². The number of rotatable bonds is 7. The van der Waals surface area contributed by atoms with Gasteiger partial charge in [0.1, 0.15) is 15.8 Å². The summed E-state index contributed by atoms with van der Waals surface area (Å²) in [5, 5.41) is 0. The third-order valence-electron chi connectivity index (χ3n) is 4.73. The average molecular weight is 442 g/mol. The van der Waals surface area contributed by atoms with Crippen molar-refractivity contribution in [3.63, 3.8) is 0 Å². The third kappa shape index (κ3) is 5.64. The normalized spacial score (nSPS) is 15.7. The smallest absolute Gasteiger partial charge is 0.265 e. The lowest BCUT2D eigenvalue weighted by Crippen LogP contribution is -2.22. The fourth-order valence-electron chi connectivity index (χ4n) is 2.90. The van der Waals surface area contributed by atoms with Crippen LogP contribution in [0.3, 0.4) is 0 Å². The molecule has 1 heterocycles. The fraction of sp³-hybridized carbons (Fsp3) is 0.333. The number of thioether (sulfide) groups is 1. The zero-order valence-electron chi connectivity index (χ0n) is 17.8. The highest BCUT2D eigenvalue weighted by Crippen LogP contribution is 2.33. The van der Waals surface area contributed by atoms with E-state index in [1.165, 1.54) is 22.2 Å². The van der Waals surface area contributed by atoms with E-state index in [1.54, 1.807) is 7.05 Å². The first-order valence-electron chi connectivity index (χ1n) is 9.92. The molecule has 0 aliphatic carbocycles. The summed E-state index contributed by atoms with van der Waals surface area (Å²) < 4.78 is 12.3. The van der Waals surface area contributed by atoms with E-state index < -0.39 is 0 Å². The predicted molar refractivity (Wildman–Crippen MR) is 128 cm³/mol. The van der Waals surface area contributed by atoms with Crippen molar-refractivity contribution in [3.8, 4) is 11.5 Å². The minimum absolute atomic E-state index is 0.0781. The molecule has 158 valence electrons. The van der Waals surface area contributed by atoms with Crippen LogP contribution in [0.4, 0.5) is 0 Å². The molecular formula is C24H27NO3S2. The molecule has 6 heteroatoms. The van der Waals surface area contributed by atoms with Crippen LogP contribution in [0, 0.1) is 0 Å². The maximum absolute atomic E-state index is 12.2. The van der Waals surface area contributed by atoms with Crippen molar-refractivity contribution in [1.82, 2.24) is 4.90 Å². The van der Waals surface area contributed by atoms with Crippen LogP contribution in [0.1, 0.15) is 38.3 Å². The van der Waals surface area contributed by atoms with Crippen molar-refractivity contribution in [1.29, 1.82) is 0 Å². The van der Waals surface area contributed by atoms with Gasteiger partial charge in [-0.2, -0.15) is 0 Å². The van der Waals surface area contributed by atoms with Crippen molar-refractivity contribution in [2.24, 2.45) is 0 Å². The maximum Gasteiger partial charge on any atom is 0.265 e. The Labute approximate surface area is 188 Å². The predicted octanol–water partition coefficient (Wildman–Crippen LogP) is 5.66. The second kappa shape index (κ2) is 9.67. The number of hydrogen-bond donors (Lipinski definition) is 0. The number of benzene rings is 2. The molecule has 0 atom stereocenters. The monoisotopic (exact) mass is 441 g/mol. The summed E-state index contributed by atoms with van der Waals surface area (Å²) in [5.41, 5.74) is 2.29. The first-order chi connectivity index (χ1) is 14.3. The van der Waals surface area contributed by atoms with Crippen LogP contribution in [-0.2, 0) is 10.2 Å². The summed E-state index contributed by atoms with van der Waals surface area (Å²) in [4.78, 5) is 14.3. The molecule has 2 aromatic carbocycles. The van der Waals surface area contributed by atoms with Crippen LogP contribution in [0.25, 0.3) is 6.08 Å². The van der Waals surface area contributed by atoms with E-state index in [1.807, 2.05) is 42.5 Å². The Kier molecular flexibility index (Phi) is 7.21. The van der Waals surface area contributed by atoms with Crippen LogP contribution >= 0.6 is 24.0 Å². The minimum Gasteiger partial charge on any atom is -0.493 e.